The minimum Gasteiger partial charge on any atom is -0.335 e. The van der Waals surface area contributed by atoms with E-state index < -0.39 is 0 Å². The van der Waals surface area contributed by atoms with Crippen molar-refractivity contribution >= 4 is 17.2 Å². The highest BCUT2D eigenvalue weighted by molar-refractivity contribution is 7.13. The second-order valence-electron chi connectivity index (χ2n) is 5.11. The molecular formula is C13H19N3OS. The molecule has 0 unspecified atom stereocenters. The summed E-state index contributed by atoms with van der Waals surface area (Å²) in [5.74, 6) is 0.212. The van der Waals surface area contributed by atoms with Gasteiger partial charge in [0.2, 0.25) is 0 Å². The van der Waals surface area contributed by atoms with Gasteiger partial charge in [0.25, 0.3) is 5.91 Å². The number of nitrogens with two attached hydrogens (primary N) is 1. The van der Waals surface area contributed by atoms with Crippen molar-refractivity contribution in [1.82, 2.24) is 9.88 Å². The van der Waals surface area contributed by atoms with Gasteiger partial charge in [-0.15, -0.1) is 11.3 Å². The van der Waals surface area contributed by atoms with E-state index in [0.29, 0.717) is 12.6 Å². The van der Waals surface area contributed by atoms with Gasteiger partial charge in [-0.05, 0) is 19.4 Å². The predicted octanol–water partition coefficient (Wildman–Crippen LogP) is 1.59. The maximum atomic E-state index is 12.5. The number of rotatable bonds is 3. The molecule has 0 spiro atoms. The van der Waals surface area contributed by atoms with Gasteiger partial charge in [0.05, 0.1) is 10.7 Å². The number of carbonyl (C=O) groups is 1. The molecule has 0 radical (unpaired) electrons. The summed E-state index contributed by atoms with van der Waals surface area (Å²) in [5, 5.41) is 1.02. The molecule has 3 rings (SSSR count). The van der Waals surface area contributed by atoms with Crippen LogP contribution in [-0.4, -0.2) is 34.9 Å². The Morgan fingerprint density at radius 1 is 1.39 bits per heavy atom. The Morgan fingerprint density at radius 3 is 2.89 bits per heavy atom. The van der Waals surface area contributed by atoms with E-state index in [1.165, 1.54) is 25.7 Å². The number of nitrogens with zero attached hydrogens (tertiary/aromatic N) is 2. The molecule has 1 aliphatic carbocycles. The molecule has 2 heterocycles. The molecule has 0 saturated heterocycles. The Balaban J connectivity index is 1.82. The number of amides is 1. The average Bonchev–Trinajstić information content (AvgIpc) is 2.98. The van der Waals surface area contributed by atoms with Crippen LogP contribution in [0.5, 0.6) is 0 Å². The summed E-state index contributed by atoms with van der Waals surface area (Å²) >= 11 is 1.55. The van der Waals surface area contributed by atoms with Gasteiger partial charge in [0.15, 0.2) is 0 Å². The van der Waals surface area contributed by atoms with Crippen molar-refractivity contribution in [2.75, 3.05) is 13.1 Å². The first kappa shape index (κ1) is 12.1. The van der Waals surface area contributed by atoms with E-state index >= 15 is 0 Å². The number of hydrogen-bond donors (Lipinski definition) is 1. The lowest BCUT2D eigenvalue weighted by Crippen LogP contribution is -2.43. The van der Waals surface area contributed by atoms with Crippen LogP contribution >= 0.6 is 11.3 Å². The highest BCUT2D eigenvalue weighted by atomic mass is 32.1. The molecular weight excluding hydrogens is 246 g/mol. The number of aromatic nitrogens is 1. The molecule has 1 amide bonds. The quantitative estimate of drug-likeness (QED) is 0.902. The van der Waals surface area contributed by atoms with Crippen molar-refractivity contribution in [3.8, 4) is 0 Å². The Bertz CT molecular complexity index is 451. The van der Waals surface area contributed by atoms with E-state index in [1.54, 1.807) is 11.3 Å². The second kappa shape index (κ2) is 4.97. The normalized spacial score (nSPS) is 20.5. The molecule has 1 aromatic rings. The van der Waals surface area contributed by atoms with Crippen molar-refractivity contribution < 1.29 is 4.79 Å². The van der Waals surface area contributed by atoms with Crippen LogP contribution in [0, 0.1) is 0 Å². The van der Waals surface area contributed by atoms with Gasteiger partial charge >= 0.3 is 0 Å². The summed E-state index contributed by atoms with van der Waals surface area (Å²) in [6, 6.07) is 0.478. The lowest BCUT2D eigenvalue weighted by molar-refractivity contribution is 0.0668. The Labute approximate surface area is 111 Å². The lowest BCUT2D eigenvalue weighted by atomic mass is 10.1. The molecule has 1 fully saturated rings. The molecule has 98 valence electrons. The minimum atomic E-state index is 0.212. The number of thiazole rings is 1. The molecule has 2 aliphatic rings. The molecule has 0 aromatic carbocycles. The summed E-state index contributed by atoms with van der Waals surface area (Å²) in [6.45, 7) is 1.45. The molecule has 1 saturated carbocycles. The van der Waals surface area contributed by atoms with E-state index in [9.17, 15) is 4.79 Å². The second-order valence-corrected chi connectivity index (χ2v) is 6.19. The van der Waals surface area contributed by atoms with Crippen molar-refractivity contribution in [2.24, 2.45) is 5.73 Å². The summed E-state index contributed by atoms with van der Waals surface area (Å²) in [5.41, 5.74) is 6.55. The molecule has 2 N–H and O–H groups in total. The van der Waals surface area contributed by atoms with Crippen LogP contribution < -0.4 is 5.73 Å². The molecule has 5 heteroatoms. The van der Waals surface area contributed by atoms with Gasteiger partial charge in [0.1, 0.15) is 4.88 Å². The maximum absolute atomic E-state index is 12.5. The Kier molecular flexibility index (Phi) is 3.35. The number of carbonyl (C=O) groups excluding carboxylic acids is 1. The van der Waals surface area contributed by atoms with Gasteiger partial charge in [-0.1, -0.05) is 12.8 Å². The largest absolute Gasteiger partial charge is 0.335 e. The number of hydrogen-bond acceptors (Lipinski definition) is 4. The van der Waals surface area contributed by atoms with Crippen molar-refractivity contribution in [3.05, 3.63) is 15.6 Å². The lowest BCUT2D eigenvalue weighted by Gasteiger charge is -2.31. The molecule has 0 bridgehead atoms. The standard InChI is InChI=1S/C13H19N3OS/c14-7-5-11-15-10-6-8-16(9-3-1-2-4-9)13(17)12(10)18-11/h9H,1-8,14H2. The Morgan fingerprint density at radius 2 is 2.17 bits per heavy atom. The van der Waals surface area contributed by atoms with Crippen molar-refractivity contribution in [2.45, 2.75) is 44.6 Å². The van der Waals surface area contributed by atoms with E-state index in [1.807, 2.05) is 0 Å². The zero-order valence-electron chi connectivity index (χ0n) is 10.5. The van der Waals surface area contributed by atoms with E-state index in [2.05, 4.69) is 9.88 Å². The average molecular weight is 265 g/mol. The van der Waals surface area contributed by atoms with Crippen LogP contribution in [-0.2, 0) is 12.8 Å². The molecule has 4 nitrogen and oxygen atoms in total. The third-order valence-corrected chi connectivity index (χ3v) is 5.06. The number of fused-ring (bicyclic) bond motifs is 1. The summed E-state index contributed by atoms with van der Waals surface area (Å²) in [7, 11) is 0. The smallest absolute Gasteiger partial charge is 0.266 e. The Hall–Kier alpha value is -0.940. The summed E-state index contributed by atoms with van der Waals surface area (Å²) in [4.78, 5) is 20.0. The van der Waals surface area contributed by atoms with Crippen LogP contribution in [0.25, 0.3) is 0 Å². The fraction of sp³-hybridized carbons (Fsp3) is 0.692. The van der Waals surface area contributed by atoms with Crippen molar-refractivity contribution in [1.29, 1.82) is 0 Å². The van der Waals surface area contributed by atoms with Crippen molar-refractivity contribution in [3.63, 3.8) is 0 Å². The predicted molar refractivity (Wildman–Crippen MR) is 71.9 cm³/mol. The van der Waals surface area contributed by atoms with Crippen LogP contribution in [0.15, 0.2) is 0 Å². The van der Waals surface area contributed by atoms with Crippen LogP contribution in [0.2, 0.25) is 0 Å². The van der Waals surface area contributed by atoms with Crippen LogP contribution in [0.3, 0.4) is 0 Å². The van der Waals surface area contributed by atoms with Crippen LogP contribution in [0.1, 0.15) is 46.1 Å². The molecule has 1 aromatic heterocycles. The minimum absolute atomic E-state index is 0.212. The fourth-order valence-corrected chi connectivity index (χ4v) is 4.07. The van der Waals surface area contributed by atoms with Gasteiger partial charge in [-0.3, -0.25) is 4.79 Å². The molecule has 0 atom stereocenters. The van der Waals surface area contributed by atoms with Gasteiger partial charge in [-0.25, -0.2) is 4.98 Å². The molecule has 1 aliphatic heterocycles. The van der Waals surface area contributed by atoms with E-state index in [4.69, 9.17) is 5.73 Å². The third kappa shape index (κ3) is 2.06. The summed E-state index contributed by atoms with van der Waals surface area (Å²) in [6.07, 6.45) is 6.59. The third-order valence-electron chi connectivity index (χ3n) is 3.91. The SMILES string of the molecule is NCCc1nc2c(s1)C(=O)N(C1CCCC1)CC2. The van der Waals surface area contributed by atoms with E-state index in [-0.39, 0.29) is 5.91 Å². The fourth-order valence-electron chi connectivity index (χ4n) is 2.99. The van der Waals surface area contributed by atoms with Gasteiger partial charge in [-0.2, -0.15) is 0 Å². The molecule has 18 heavy (non-hydrogen) atoms. The maximum Gasteiger partial charge on any atom is 0.266 e. The zero-order valence-corrected chi connectivity index (χ0v) is 11.3. The highest BCUT2D eigenvalue weighted by Gasteiger charge is 2.33. The summed E-state index contributed by atoms with van der Waals surface area (Å²) < 4.78 is 0. The first-order chi connectivity index (χ1) is 8.79. The highest BCUT2D eigenvalue weighted by Crippen LogP contribution is 2.31. The topological polar surface area (TPSA) is 59.2 Å². The van der Waals surface area contributed by atoms with E-state index in [0.717, 1.165) is 35.0 Å². The van der Waals surface area contributed by atoms with Crippen LogP contribution in [0.4, 0.5) is 0 Å². The van der Waals surface area contributed by atoms with Gasteiger partial charge in [0, 0.05) is 25.4 Å². The monoisotopic (exact) mass is 265 g/mol. The zero-order chi connectivity index (χ0) is 12.5. The first-order valence-electron chi connectivity index (χ1n) is 6.79. The first-order valence-corrected chi connectivity index (χ1v) is 7.61. The van der Waals surface area contributed by atoms with Gasteiger partial charge < -0.3 is 10.6 Å².